The number of halogens is 1. The third-order valence-corrected chi connectivity index (χ3v) is 3.02. The molecule has 0 atom stereocenters. The van der Waals surface area contributed by atoms with Crippen LogP contribution in [0.4, 0.5) is 10.5 Å². The van der Waals surface area contributed by atoms with Crippen LogP contribution in [0.5, 0.6) is 5.75 Å². The molecule has 0 fully saturated rings. The molecule has 1 aromatic carbocycles. The molecule has 6 nitrogen and oxygen atoms in total. The molecule has 0 saturated carbocycles. The number of anilines is 1. The Labute approximate surface area is 119 Å². The van der Waals surface area contributed by atoms with Crippen LogP contribution in [0, 0.1) is 0 Å². The van der Waals surface area contributed by atoms with E-state index in [0.29, 0.717) is 22.5 Å². The van der Waals surface area contributed by atoms with Crippen molar-refractivity contribution in [1.82, 2.24) is 4.90 Å². The molecule has 1 rings (SSSR count). The number of carboxylic acids is 1. The number of carbonyl (C=O) groups excluding carboxylic acids is 1. The molecule has 0 spiro atoms. The van der Waals surface area contributed by atoms with Crippen molar-refractivity contribution in [3.05, 3.63) is 22.7 Å². The van der Waals surface area contributed by atoms with Gasteiger partial charge in [0.25, 0.3) is 0 Å². The van der Waals surface area contributed by atoms with E-state index < -0.39 is 12.0 Å². The maximum atomic E-state index is 11.8. The molecule has 0 bridgehead atoms. The first-order chi connectivity index (χ1) is 8.97. The van der Waals surface area contributed by atoms with Gasteiger partial charge in [-0.2, -0.15) is 0 Å². The molecule has 2 amide bonds. The number of urea groups is 1. The Morgan fingerprint density at radius 3 is 2.63 bits per heavy atom. The Morgan fingerprint density at radius 1 is 1.47 bits per heavy atom. The van der Waals surface area contributed by atoms with Crippen molar-refractivity contribution in [2.45, 2.75) is 6.92 Å². The molecule has 0 aromatic heterocycles. The lowest BCUT2D eigenvalue weighted by Crippen LogP contribution is -2.38. The van der Waals surface area contributed by atoms with Gasteiger partial charge >= 0.3 is 12.0 Å². The fourth-order valence-corrected chi connectivity index (χ4v) is 1.98. The number of methoxy groups -OCH3 is 1. The standard InChI is InChI=1S/C12H15BrN2O4/c1-3-15(7-11(16)17)12(18)14-8-4-5-10(19-2)9(13)6-8/h4-6H,3,7H2,1-2H3,(H,14,18)(H,16,17). The van der Waals surface area contributed by atoms with Crippen LogP contribution in [0.25, 0.3) is 0 Å². The summed E-state index contributed by atoms with van der Waals surface area (Å²) in [6.45, 7) is 1.70. The van der Waals surface area contributed by atoms with Gasteiger partial charge in [0.05, 0.1) is 11.6 Å². The van der Waals surface area contributed by atoms with Gasteiger partial charge in [0.2, 0.25) is 0 Å². The predicted molar refractivity (Wildman–Crippen MR) is 74.6 cm³/mol. The smallest absolute Gasteiger partial charge is 0.323 e. The number of amides is 2. The van der Waals surface area contributed by atoms with Gasteiger partial charge in [-0.3, -0.25) is 4.79 Å². The van der Waals surface area contributed by atoms with Gasteiger partial charge in [-0.15, -0.1) is 0 Å². The van der Waals surface area contributed by atoms with E-state index >= 15 is 0 Å². The molecule has 0 aliphatic carbocycles. The zero-order valence-corrected chi connectivity index (χ0v) is 12.2. The zero-order valence-electron chi connectivity index (χ0n) is 10.6. The second-order valence-electron chi connectivity index (χ2n) is 3.69. The van der Waals surface area contributed by atoms with Crippen LogP contribution in [0.2, 0.25) is 0 Å². The van der Waals surface area contributed by atoms with Gasteiger partial charge in [0, 0.05) is 12.2 Å². The van der Waals surface area contributed by atoms with Crippen molar-refractivity contribution >= 4 is 33.6 Å². The molecule has 19 heavy (non-hydrogen) atoms. The van der Waals surface area contributed by atoms with E-state index in [1.165, 1.54) is 4.90 Å². The quantitative estimate of drug-likeness (QED) is 0.868. The number of aliphatic carboxylic acids is 1. The molecule has 0 aliphatic rings. The number of carbonyl (C=O) groups is 2. The van der Waals surface area contributed by atoms with E-state index in [1.54, 1.807) is 32.2 Å². The SMILES string of the molecule is CCN(CC(=O)O)C(=O)Nc1ccc(OC)c(Br)c1. The summed E-state index contributed by atoms with van der Waals surface area (Å²) in [5.41, 5.74) is 0.557. The monoisotopic (exact) mass is 330 g/mol. The topological polar surface area (TPSA) is 78.9 Å². The Hall–Kier alpha value is -1.76. The average molecular weight is 331 g/mol. The minimum absolute atomic E-state index is 0.315. The Balaban J connectivity index is 2.75. The van der Waals surface area contributed by atoms with Crippen LogP contribution in [0.1, 0.15) is 6.92 Å². The van der Waals surface area contributed by atoms with Crippen LogP contribution in [0.15, 0.2) is 22.7 Å². The van der Waals surface area contributed by atoms with E-state index in [2.05, 4.69) is 21.2 Å². The minimum atomic E-state index is -1.05. The normalized spacial score (nSPS) is 9.84. The number of likely N-dealkylation sites (N-methyl/N-ethyl adjacent to an activating group) is 1. The highest BCUT2D eigenvalue weighted by Gasteiger charge is 2.15. The van der Waals surface area contributed by atoms with E-state index in [9.17, 15) is 9.59 Å². The molecule has 2 N–H and O–H groups in total. The highest BCUT2D eigenvalue weighted by atomic mass is 79.9. The number of nitrogens with one attached hydrogen (secondary N) is 1. The first-order valence-corrected chi connectivity index (χ1v) is 6.38. The van der Waals surface area contributed by atoms with E-state index in [0.717, 1.165) is 0 Å². The molecule has 7 heteroatoms. The number of hydrogen-bond donors (Lipinski definition) is 2. The fourth-order valence-electron chi connectivity index (χ4n) is 1.44. The number of nitrogens with zero attached hydrogens (tertiary/aromatic N) is 1. The number of hydrogen-bond acceptors (Lipinski definition) is 3. The molecular weight excluding hydrogens is 316 g/mol. The maximum Gasteiger partial charge on any atom is 0.323 e. The van der Waals surface area contributed by atoms with Crippen LogP contribution in [-0.4, -0.2) is 42.2 Å². The number of benzene rings is 1. The fraction of sp³-hybridized carbons (Fsp3) is 0.333. The summed E-state index contributed by atoms with van der Waals surface area (Å²) in [4.78, 5) is 23.7. The largest absolute Gasteiger partial charge is 0.496 e. The molecule has 0 unspecified atom stereocenters. The van der Waals surface area contributed by atoms with E-state index in [-0.39, 0.29) is 6.54 Å². The molecule has 0 aliphatic heterocycles. The van der Waals surface area contributed by atoms with Crippen LogP contribution in [-0.2, 0) is 4.79 Å². The molecule has 104 valence electrons. The second kappa shape index (κ2) is 6.98. The van der Waals surface area contributed by atoms with Crippen molar-refractivity contribution in [3.63, 3.8) is 0 Å². The van der Waals surface area contributed by atoms with Crippen molar-refractivity contribution < 1.29 is 19.4 Å². The summed E-state index contributed by atoms with van der Waals surface area (Å²) in [5, 5.41) is 11.3. The van der Waals surface area contributed by atoms with Gasteiger partial charge in [0.15, 0.2) is 0 Å². The van der Waals surface area contributed by atoms with Gasteiger partial charge < -0.3 is 20.1 Å². The maximum absolute atomic E-state index is 11.8. The van der Waals surface area contributed by atoms with Crippen molar-refractivity contribution in [2.75, 3.05) is 25.5 Å². The first-order valence-electron chi connectivity index (χ1n) is 5.59. The Bertz CT molecular complexity index is 479. The van der Waals surface area contributed by atoms with Crippen LogP contribution in [0.3, 0.4) is 0 Å². The minimum Gasteiger partial charge on any atom is -0.496 e. The summed E-state index contributed by atoms with van der Waals surface area (Å²) in [5.74, 6) is -0.399. The second-order valence-corrected chi connectivity index (χ2v) is 4.54. The molecule has 0 heterocycles. The van der Waals surface area contributed by atoms with E-state index in [4.69, 9.17) is 9.84 Å². The Morgan fingerprint density at radius 2 is 2.16 bits per heavy atom. The molecule has 0 saturated heterocycles. The van der Waals surface area contributed by atoms with Crippen molar-refractivity contribution in [1.29, 1.82) is 0 Å². The highest BCUT2D eigenvalue weighted by molar-refractivity contribution is 9.10. The Kier molecular flexibility index (Phi) is 5.62. The first kappa shape index (κ1) is 15.3. The highest BCUT2D eigenvalue weighted by Crippen LogP contribution is 2.27. The van der Waals surface area contributed by atoms with Crippen LogP contribution < -0.4 is 10.1 Å². The van der Waals surface area contributed by atoms with Gasteiger partial charge in [-0.25, -0.2) is 4.79 Å². The lowest BCUT2D eigenvalue weighted by Gasteiger charge is -2.19. The van der Waals surface area contributed by atoms with Gasteiger partial charge in [0.1, 0.15) is 12.3 Å². The summed E-state index contributed by atoms with van der Waals surface area (Å²) in [6.07, 6.45) is 0. The summed E-state index contributed by atoms with van der Waals surface area (Å²) >= 11 is 3.31. The zero-order chi connectivity index (χ0) is 14.4. The molecule has 1 aromatic rings. The number of ether oxygens (including phenoxy) is 1. The third kappa shape index (κ3) is 4.44. The predicted octanol–water partition coefficient (Wildman–Crippen LogP) is 2.40. The van der Waals surface area contributed by atoms with Crippen molar-refractivity contribution in [3.8, 4) is 5.75 Å². The lowest BCUT2D eigenvalue weighted by atomic mass is 10.3. The summed E-state index contributed by atoms with van der Waals surface area (Å²) in [7, 11) is 1.55. The summed E-state index contributed by atoms with van der Waals surface area (Å²) < 4.78 is 5.78. The summed E-state index contributed by atoms with van der Waals surface area (Å²) in [6, 6.07) is 4.61. The number of carboxylic acid groups (broad SMARTS) is 1. The molecular formula is C12H15BrN2O4. The lowest BCUT2D eigenvalue weighted by molar-refractivity contribution is -0.137. The third-order valence-electron chi connectivity index (χ3n) is 2.40. The average Bonchev–Trinajstić information content (AvgIpc) is 2.35. The van der Waals surface area contributed by atoms with Crippen molar-refractivity contribution in [2.24, 2.45) is 0 Å². The van der Waals surface area contributed by atoms with Gasteiger partial charge in [-0.1, -0.05) is 0 Å². The van der Waals surface area contributed by atoms with E-state index in [1.807, 2.05) is 0 Å². The molecule has 0 radical (unpaired) electrons. The number of rotatable bonds is 5. The van der Waals surface area contributed by atoms with Crippen LogP contribution >= 0.6 is 15.9 Å². The van der Waals surface area contributed by atoms with Gasteiger partial charge in [-0.05, 0) is 41.1 Å².